The van der Waals surface area contributed by atoms with E-state index in [1.165, 1.54) is 0 Å². The van der Waals surface area contributed by atoms with E-state index in [9.17, 15) is 9.59 Å². The van der Waals surface area contributed by atoms with Crippen molar-refractivity contribution >= 4 is 58.0 Å². The summed E-state index contributed by atoms with van der Waals surface area (Å²) >= 11 is 0. The summed E-state index contributed by atoms with van der Waals surface area (Å²) in [6, 6.07) is 0. The molecule has 0 atom stereocenters. The van der Waals surface area contributed by atoms with Crippen LogP contribution < -0.4 is 0 Å². The lowest BCUT2D eigenvalue weighted by Gasteiger charge is -1.95. The van der Waals surface area contributed by atoms with Crippen molar-refractivity contribution < 1.29 is 19.1 Å². The lowest BCUT2D eigenvalue weighted by Crippen LogP contribution is -2.03. The summed E-state index contributed by atoms with van der Waals surface area (Å²) in [5.74, 6) is -1.07. The van der Waals surface area contributed by atoms with Crippen LogP contribution in [-0.4, -0.2) is 71.3 Å². The average molecular weight is 225 g/mol. The van der Waals surface area contributed by atoms with Gasteiger partial charge in [-0.15, -0.1) is 0 Å². The Labute approximate surface area is 116 Å². The Morgan fingerprint density at radius 2 is 1.21 bits per heavy atom. The molecule has 0 amide bonds. The molecule has 0 rings (SSSR count). The Balaban J connectivity index is -0.000000605. The highest BCUT2D eigenvalue weighted by Crippen LogP contribution is 1.84. The van der Waals surface area contributed by atoms with Crippen molar-refractivity contribution in [2.75, 3.05) is 13.2 Å². The molecular weight excluding hydrogens is 209 g/mol. The molecule has 0 saturated heterocycles. The van der Waals surface area contributed by atoms with E-state index < -0.39 is 11.9 Å². The monoisotopic (exact) mass is 224 g/mol. The van der Waals surface area contributed by atoms with Crippen LogP contribution in [0, 0.1) is 0 Å². The molecule has 0 spiro atoms. The van der Waals surface area contributed by atoms with Crippen molar-refractivity contribution in [1.82, 2.24) is 0 Å². The standard InChI is InChI=1S/C8H12O4.2Mg.4H/c1-3-11-7(9)5-6-8(10)12-4-2;;;;;;/h5-6H,3-4H2,1-2H3;;;;;;/b6-5+;;;;;;. The molecule has 4 nitrogen and oxygen atoms in total. The second-order valence-corrected chi connectivity index (χ2v) is 1.84. The molecule has 0 aromatic carbocycles. The molecule has 6 heteroatoms. The molecule has 76 valence electrons. The molecule has 0 bridgehead atoms. The minimum Gasteiger partial charge on any atom is -0.463 e. The third-order valence-electron chi connectivity index (χ3n) is 0.929. The van der Waals surface area contributed by atoms with E-state index in [1.54, 1.807) is 13.8 Å². The third kappa shape index (κ3) is 12.2. The van der Waals surface area contributed by atoms with Gasteiger partial charge in [-0.3, -0.25) is 0 Å². The second kappa shape index (κ2) is 13.2. The molecule has 0 N–H and O–H groups in total. The average Bonchev–Trinajstić information content (AvgIpc) is 2.02. The number of carbonyl (C=O) groups excluding carboxylic acids is 2. The smallest absolute Gasteiger partial charge is 0.330 e. The Bertz CT molecular complexity index is 172. The molecule has 0 saturated carbocycles. The molecule has 0 aliphatic carbocycles. The van der Waals surface area contributed by atoms with Crippen molar-refractivity contribution in [3.63, 3.8) is 0 Å². The highest BCUT2D eigenvalue weighted by molar-refractivity contribution is 5.91. The van der Waals surface area contributed by atoms with Gasteiger partial charge < -0.3 is 9.47 Å². The maximum Gasteiger partial charge on any atom is 0.330 e. The molecule has 0 aliphatic rings. The van der Waals surface area contributed by atoms with Gasteiger partial charge in [0.25, 0.3) is 0 Å². The first-order chi connectivity index (χ1) is 5.70. The van der Waals surface area contributed by atoms with Crippen LogP contribution in [0.3, 0.4) is 0 Å². The minimum absolute atomic E-state index is 0. The molecule has 0 fully saturated rings. The quantitative estimate of drug-likeness (QED) is 0.344. The van der Waals surface area contributed by atoms with Crippen molar-refractivity contribution in [2.24, 2.45) is 0 Å². The van der Waals surface area contributed by atoms with Gasteiger partial charge in [-0.25, -0.2) is 9.59 Å². The number of hydrogen-bond donors (Lipinski definition) is 0. The van der Waals surface area contributed by atoms with Crippen LogP contribution in [0.4, 0.5) is 0 Å². The van der Waals surface area contributed by atoms with Crippen LogP contribution in [0.5, 0.6) is 0 Å². The number of rotatable bonds is 4. The van der Waals surface area contributed by atoms with Gasteiger partial charge in [0.05, 0.1) is 13.2 Å². The highest BCUT2D eigenvalue weighted by Gasteiger charge is 1.97. The SMILES string of the molecule is CCOC(=O)/C=C/C(=O)OCC.[MgH2].[MgH2]. The van der Waals surface area contributed by atoms with Gasteiger partial charge in [-0.2, -0.15) is 0 Å². The first kappa shape index (κ1) is 19.7. The number of esters is 2. The fourth-order valence-corrected chi connectivity index (χ4v) is 0.517. The van der Waals surface area contributed by atoms with Gasteiger partial charge in [0.15, 0.2) is 0 Å². The van der Waals surface area contributed by atoms with E-state index in [0.29, 0.717) is 13.2 Å². The van der Waals surface area contributed by atoms with Crippen LogP contribution in [-0.2, 0) is 19.1 Å². The van der Waals surface area contributed by atoms with Crippen LogP contribution in [0.1, 0.15) is 13.8 Å². The number of ether oxygens (including phenoxy) is 2. The third-order valence-corrected chi connectivity index (χ3v) is 0.929. The van der Waals surface area contributed by atoms with Gasteiger partial charge >= 0.3 is 58.0 Å². The zero-order valence-electron chi connectivity index (χ0n) is 7.20. The molecular formula is C8H16Mg2O4. The lowest BCUT2D eigenvalue weighted by molar-refractivity contribution is -0.140. The van der Waals surface area contributed by atoms with E-state index in [2.05, 4.69) is 9.47 Å². The maximum atomic E-state index is 10.6. The topological polar surface area (TPSA) is 52.6 Å². The summed E-state index contributed by atoms with van der Waals surface area (Å²) in [7, 11) is 0. The minimum atomic E-state index is -0.537. The molecule has 0 heterocycles. The zero-order valence-corrected chi connectivity index (χ0v) is 7.20. The van der Waals surface area contributed by atoms with E-state index in [-0.39, 0.29) is 46.1 Å². The van der Waals surface area contributed by atoms with Gasteiger partial charge in [-0.05, 0) is 13.8 Å². The Morgan fingerprint density at radius 3 is 1.43 bits per heavy atom. The van der Waals surface area contributed by atoms with E-state index in [1.807, 2.05) is 0 Å². The summed E-state index contributed by atoms with van der Waals surface area (Å²) in [4.78, 5) is 21.3. The Hall–Kier alpha value is 0.212. The predicted molar refractivity (Wildman–Crippen MR) is 59.5 cm³/mol. The van der Waals surface area contributed by atoms with E-state index in [0.717, 1.165) is 12.2 Å². The molecule has 0 aromatic rings. The highest BCUT2D eigenvalue weighted by atomic mass is 24.3. The lowest BCUT2D eigenvalue weighted by atomic mass is 10.5. The molecule has 0 radical (unpaired) electrons. The largest absolute Gasteiger partial charge is 0.463 e. The van der Waals surface area contributed by atoms with Crippen molar-refractivity contribution in [2.45, 2.75) is 13.8 Å². The summed E-state index contributed by atoms with van der Waals surface area (Å²) in [6.45, 7) is 3.98. The van der Waals surface area contributed by atoms with Gasteiger partial charge in [0.1, 0.15) is 0 Å². The molecule has 0 aliphatic heterocycles. The molecule has 0 aromatic heterocycles. The van der Waals surface area contributed by atoms with Gasteiger partial charge in [0.2, 0.25) is 0 Å². The van der Waals surface area contributed by atoms with Gasteiger partial charge in [0, 0.05) is 12.2 Å². The van der Waals surface area contributed by atoms with E-state index >= 15 is 0 Å². The number of hydrogen-bond acceptors (Lipinski definition) is 4. The van der Waals surface area contributed by atoms with Crippen molar-refractivity contribution in [3.8, 4) is 0 Å². The Kier molecular flexibility index (Phi) is 18.6. The van der Waals surface area contributed by atoms with Crippen molar-refractivity contribution in [3.05, 3.63) is 12.2 Å². The van der Waals surface area contributed by atoms with Crippen LogP contribution in [0.25, 0.3) is 0 Å². The van der Waals surface area contributed by atoms with Crippen LogP contribution in [0.2, 0.25) is 0 Å². The summed E-state index contributed by atoms with van der Waals surface area (Å²) in [5, 5.41) is 0. The zero-order chi connectivity index (χ0) is 9.40. The fourth-order valence-electron chi connectivity index (χ4n) is 0.517. The van der Waals surface area contributed by atoms with E-state index in [4.69, 9.17) is 0 Å². The van der Waals surface area contributed by atoms with Crippen LogP contribution >= 0.6 is 0 Å². The predicted octanol–water partition coefficient (Wildman–Crippen LogP) is -1.16. The van der Waals surface area contributed by atoms with Gasteiger partial charge in [-0.1, -0.05) is 0 Å². The normalized spacial score (nSPS) is 8.43. The number of carbonyl (C=O) groups is 2. The molecule has 14 heavy (non-hydrogen) atoms. The summed E-state index contributed by atoms with van der Waals surface area (Å²) < 4.78 is 9.07. The van der Waals surface area contributed by atoms with Crippen molar-refractivity contribution in [1.29, 1.82) is 0 Å². The Morgan fingerprint density at radius 1 is 0.929 bits per heavy atom. The van der Waals surface area contributed by atoms with Crippen LogP contribution in [0.15, 0.2) is 12.2 Å². The second-order valence-electron chi connectivity index (χ2n) is 1.84. The summed E-state index contributed by atoms with van der Waals surface area (Å²) in [6.07, 6.45) is 2.09. The first-order valence-electron chi connectivity index (χ1n) is 3.72. The summed E-state index contributed by atoms with van der Waals surface area (Å²) in [5.41, 5.74) is 0. The fraction of sp³-hybridized carbons (Fsp3) is 0.500. The maximum absolute atomic E-state index is 10.6. The first-order valence-corrected chi connectivity index (χ1v) is 3.72. The molecule has 0 unspecified atom stereocenters.